The van der Waals surface area contributed by atoms with Crippen molar-refractivity contribution in [1.82, 2.24) is 5.32 Å². The molecular weight excluding hydrogens is 408 g/mol. The van der Waals surface area contributed by atoms with Crippen LogP contribution in [0.3, 0.4) is 0 Å². The third kappa shape index (κ3) is 6.58. The van der Waals surface area contributed by atoms with Gasteiger partial charge in [0.2, 0.25) is 9.70 Å². The summed E-state index contributed by atoms with van der Waals surface area (Å²) in [4.78, 5) is 12.9. The summed E-state index contributed by atoms with van der Waals surface area (Å²) in [5.41, 5.74) is 0.906. The first-order valence-corrected chi connectivity index (χ1v) is 9.26. The van der Waals surface area contributed by atoms with Crippen molar-refractivity contribution in [2.45, 2.75) is 14.1 Å². The summed E-state index contributed by atoms with van der Waals surface area (Å²) in [5.74, 6) is -0.350. The van der Waals surface area contributed by atoms with Gasteiger partial charge in [-0.3, -0.25) is 4.79 Å². The quantitative estimate of drug-likeness (QED) is 0.280. The molecule has 0 fully saturated rings. The van der Waals surface area contributed by atoms with E-state index in [4.69, 9.17) is 46.4 Å². The lowest BCUT2D eigenvalue weighted by molar-refractivity contribution is -0.116. The van der Waals surface area contributed by atoms with Gasteiger partial charge < -0.3 is 5.32 Å². The zero-order valence-electron chi connectivity index (χ0n) is 12.3. The number of nitrogens with one attached hydrogen (secondary N) is 1. The van der Waals surface area contributed by atoms with Crippen LogP contribution < -0.4 is 5.32 Å². The number of benzene rings is 2. The number of alkyl halides is 3. The van der Waals surface area contributed by atoms with Crippen LogP contribution in [0.25, 0.3) is 6.08 Å². The van der Waals surface area contributed by atoms with Crippen molar-refractivity contribution < 1.29 is 4.79 Å². The average molecular weight is 421 g/mol. The molecular formula is C17H13Cl4NOS. The summed E-state index contributed by atoms with van der Waals surface area (Å²) in [5, 5.41) is 2.56. The molecule has 0 saturated carbocycles. The van der Waals surface area contributed by atoms with Crippen LogP contribution in [-0.2, 0) is 4.79 Å². The molecule has 7 heteroatoms. The second-order valence-corrected chi connectivity index (χ2v) is 8.73. The van der Waals surface area contributed by atoms with Gasteiger partial charge in [0, 0.05) is 16.0 Å². The first kappa shape index (κ1) is 19.5. The Hall–Kier alpha value is -0.840. The number of amides is 1. The molecule has 0 saturated heterocycles. The van der Waals surface area contributed by atoms with E-state index in [0.717, 1.165) is 10.5 Å². The maximum Gasteiger partial charge on any atom is 0.245 e. The fourth-order valence-electron chi connectivity index (χ4n) is 1.74. The minimum Gasteiger partial charge on any atom is -0.336 e. The van der Waals surface area contributed by atoms with Crippen LogP contribution in [0.1, 0.15) is 5.56 Å². The molecule has 0 heterocycles. The van der Waals surface area contributed by atoms with Gasteiger partial charge in [0.25, 0.3) is 0 Å². The highest BCUT2D eigenvalue weighted by Crippen LogP contribution is 2.39. The zero-order valence-corrected chi connectivity index (χ0v) is 16.1. The number of hydrogen-bond donors (Lipinski definition) is 1. The molecule has 1 amide bonds. The summed E-state index contributed by atoms with van der Waals surface area (Å²) in [6.07, 6.45) is 3.10. The normalized spacial score (nSPS) is 13.0. The van der Waals surface area contributed by atoms with E-state index in [-0.39, 0.29) is 5.91 Å². The highest BCUT2D eigenvalue weighted by atomic mass is 35.6. The molecule has 0 aliphatic carbocycles. The minimum absolute atomic E-state index is 0.350. The fourth-order valence-corrected chi connectivity index (χ4v) is 3.31. The zero-order chi connectivity index (χ0) is 17.6. The van der Waals surface area contributed by atoms with Gasteiger partial charge in [-0.05, 0) is 35.9 Å². The van der Waals surface area contributed by atoms with E-state index in [2.05, 4.69) is 5.32 Å². The number of hydrogen-bond acceptors (Lipinski definition) is 2. The minimum atomic E-state index is -1.67. The molecule has 0 radical (unpaired) electrons. The molecule has 0 spiro atoms. The Labute approximate surface area is 165 Å². The molecule has 2 nitrogen and oxygen atoms in total. The highest BCUT2D eigenvalue weighted by molar-refractivity contribution is 8.00. The summed E-state index contributed by atoms with van der Waals surface area (Å²) in [6.45, 7) is 0. The van der Waals surface area contributed by atoms with Crippen LogP contribution >= 0.6 is 58.2 Å². The van der Waals surface area contributed by atoms with Crippen molar-refractivity contribution in [3.8, 4) is 0 Å². The highest BCUT2D eigenvalue weighted by Gasteiger charge is 2.34. The first-order valence-electron chi connectivity index (χ1n) is 6.87. The molecule has 1 unspecified atom stereocenters. The molecule has 0 aromatic heterocycles. The summed E-state index contributed by atoms with van der Waals surface area (Å²) >= 11 is 25.0. The van der Waals surface area contributed by atoms with Crippen molar-refractivity contribution in [2.24, 2.45) is 0 Å². The van der Waals surface area contributed by atoms with Gasteiger partial charge in [-0.15, -0.1) is 0 Å². The molecule has 1 atom stereocenters. The Balaban J connectivity index is 2.04. The Morgan fingerprint density at radius 3 is 2.25 bits per heavy atom. The summed E-state index contributed by atoms with van der Waals surface area (Å²) < 4.78 is -1.67. The molecule has 2 aromatic rings. The number of thioether (sulfide) groups is 1. The number of halogens is 4. The monoisotopic (exact) mass is 419 g/mol. The van der Waals surface area contributed by atoms with E-state index in [1.165, 1.54) is 17.8 Å². The Bertz CT molecular complexity index is 699. The molecule has 24 heavy (non-hydrogen) atoms. The van der Waals surface area contributed by atoms with Gasteiger partial charge in [0.15, 0.2) is 0 Å². The molecule has 0 aliphatic rings. The van der Waals surface area contributed by atoms with Gasteiger partial charge in [-0.1, -0.05) is 88.5 Å². The smallest absolute Gasteiger partial charge is 0.245 e. The van der Waals surface area contributed by atoms with E-state index in [1.807, 2.05) is 30.3 Å². The lowest BCUT2D eigenvalue weighted by Crippen LogP contribution is -2.40. The predicted molar refractivity (Wildman–Crippen MR) is 105 cm³/mol. The molecule has 126 valence electrons. The number of rotatable bonds is 5. The average Bonchev–Trinajstić information content (AvgIpc) is 2.54. The molecule has 0 aliphatic heterocycles. The van der Waals surface area contributed by atoms with Crippen LogP contribution in [0.2, 0.25) is 5.02 Å². The van der Waals surface area contributed by atoms with Crippen LogP contribution in [0, 0.1) is 0 Å². The first-order chi connectivity index (χ1) is 11.3. The van der Waals surface area contributed by atoms with Gasteiger partial charge >= 0.3 is 0 Å². The predicted octanol–water partition coefficient (Wildman–Crippen LogP) is 5.96. The number of carbonyl (C=O) groups is 1. The van der Waals surface area contributed by atoms with Crippen molar-refractivity contribution in [3.05, 3.63) is 71.3 Å². The standard InChI is InChI=1S/C17H13Cl4NOS/c18-13-7-9-14(10-8-13)24-16(17(19,20)21)22-15(23)11-6-12-4-2-1-3-5-12/h1-11,16H,(H,22,23)/b11-6+. The van der Waals surface area contributed by atoms with Gasteiger partial charge in [-0.2, -0.15) is 0 Å². The summed E-state index contributed by atoms with van der Waals surface area (Å²) in [7, 11) is 0. The Kier molecular flexibility index (Phi) is 7.33. The molecule has 1 N–H and O–H groups in total. The van der Waals surface area contributed by atoms with E-state index < -0.39 is 9.17 Å². The molecule has 0 bridgehead atoms. The van der Waals surface area contributed by atoms with Gasteiger partial charge in [0.05, 0.1) is 0 Å². The maximum atomic E-state index is 12.1. The third-order valence-corrected chi connectivity index (χ3v) is 5.41. The SMILES string of the molecule is O=C(/C=C/c1ccccc1)NC(Sc1ccc(Cl)cc1)C(Cl)(Cl)Cl. The van der Waals surface area contributed by atoms with Crippen LogP contribution in [-0.4, -0.2) is 15.1 Å². The lowest BCUT2D eigenvalue weighted by atomic mass is 10.2. The number of carbonyl (C=O) groups excluding carboxylic acids is 1. The largest absolute Gasteiger partial charge is 0.336 e. The van der Waals surface area contributed by atoms with Crippen molar-refractivity contribution >= 4 is 70.1 Å². The third-order valence-electron chi connectivity index (χ3n) is 2.86. The van der Waals surface area contributed by atoms with Gasteiger partial charge in [0.1, 0.15) is 5.37 Å². The second-order valence-electron chi connectivity index (χ2n) is 4.75. The summed E-state index contributed by atoms with van der Waals surface area (Å²) in [6, 6.07) is 16.5. The molecule has 2 aromatic carbocycles. The van der Waals surface area contributed by atoms with E-state index in [0.29, 0.717) is 5.02 Å². The van der Waals surface area contributed by atoms with E-state index in [1.54, 1.807) is 30.3 Å². The molecule has 2 rings (SSSR count). The van der Waals surface area contributed by atoms with Crippen molar-refractivity contribution in [2.75, 3.05) is 0 Å². The van der Waals surface area contributed by atoms with Gasteiger partial charge in [-0.25, -0.2) is 0 Å². The maximum absolute atomic E-state index is 12.1. The Morgan fingerprint density at radius 2 is 1.67 bits per heavy atom. The topological polar surface area (TPSA) is 29.1 Å². The second kappa shape index (κ2) is 9.02. The lowest BCUT2D eigenvalue weighted by Gasteiger charge is -2.24. The fraction of sp³-hybridized carbons (Fsp3) is 0.118. The van der Waals surface area contributed by atoms with Crippen LogP contribution in [0.4, 0.5) is 0 Å². The van der Waals surface area contributed by atoms with E-state index >= 15 is 0 Å². The Morgan fingerprint density at radius 1 is 1.04 bits per heavy atom. The van der Waals surface area contributed by atoms with Crippen molar-refractivity contribution in [1.29, 1.82) is 0 Å². The van der Waals surface area contributed by atoms with E-state index in [9.17, 15) is 4.79 Å². The van der Waals surface area contributed by atoms with Crippen LogP contribution in [0.5, 0.6) is 0 Å². The van der Waals surface area contributed by atoms with Crippen LogP contribution in [0.15, 0.2) is 65.6 Å². The van der Waals surface area contributed by atoms with Crippen molar-refractivity contribution in [3.63, 3.8) is 0 Å².